The van der Waals surface area contributed by atoms with Crippen LogP contribution in [0.4, 0.5) is 24.5 Å². The number of carbonyl (C=O) groups is 1. The van der Waals surface area contributed by atoms with Crippen molar-refractivity contribution in [3.8, 4) is 0 Å². The Balaban J connectivity index is 1.58. The van der Waals surface area contributed by atoms with Crippen molar-refractivity contribution < 1.29 is 27.6 Å². The highest BCUT2D eigenvalue weighted by atomic mass is 19.4. The zero-order valence-electron chi connectivity index (χ0n) is 20.4. The maximum atomic E-state index is 13.6. The molecule has 3 aromatic rings. The van der Waals surface area contributed by atoms with E-state index in [9.17, 15) is 28.1 Å². The summed E-state index contributed by atoms with van der Waals surface area (Å²) in [6.45, 7) is 1.75. The standard InChI is InChI=1S/C28H24F3N3O4/c1-17-7-10-20(15-23(17)28(29,30)31)32-27(35)22-13-14-25-33(24(16-38-25)18-5-3-2-4-6-18)26(22)19-8-11-21(12-9-19)34(36)37/h2-12,15,24-25H,13-14,16H2,1H3,(H,32,35). The predicted molar refractivity (Wildman–Crippen MR) is 135 cm³/mol. The van der Waals surface area contributed by atoms with Gasteiger partial charge in [-0.05, 0) is 60.7 Å². The summed E-state index contributed by atoms with van der Waals surface area (Å²) >= 11 is 0. The SMILES string of the molecule is Cc1ccc(NC(=O)C2=C(c3ccc([N+](=O)[O-])cc3)N3C(CC2)OCC3c2ccccc2)cc1C(F)(F)F. The number of benzene rings is 3. The molecule has 2 atom stereocenters. The third kappa shape index (κ3) is 4.87. The Morgan fingerprint density at radius 1 is 1.08 bits per heavy atom. The lowest BCUT2D eigenvalue weighted by Gasteiger charge is -2.38. The molecule has 2 unspecified atom stereocenters. The Bertz CT molecular complexity index is 1410. The van der Waals surface area contributed by atoms with Gasteiger partial charge in [0.15, 0.2) is 0 Å². The number of amides is 1. The number of fused-ring (bicyclic) bond motifs is 1. The van der Waals surface area contributed by atoms with Gasteiger partial charge in [-0.1, -0.05) is 36.4 Å². The zero-order valence-corrected chi connectivity index (χ0v) is 20.4. The van der Waals surface area contributed by atoms with E-state index in [4.69, 9.17) is 4.74 Å². The van der Waals surface area contributed by atoms with Crippen LogP contribution in [-0.2, 0) is 15.7 Å². The van der Waals surface area contributed by atoms with Gasteiger partial charge in [-0.3, -0.25) is 14.9 Å². The van der Waals surface area contributed by atoms with Gasteiger partial charge in [0.2, 0.25) is 0 Å². The second-order valence-corrected chi connectivity index (χ2v) is 9.27. The number of nitrogens with zero attached hydrogens (tertiary/aromatic N) is 2. The molecule has 0 saturated carbocycles. The van der Waals surface area contributed by atoms with E-state index in [1.807, 2.05) is 35.2 Å². The van der Waals surface area contributed by atoms with E-state index in [0.717, 1.165) is 11.6 Å². The van der Waals surface area contributed by atoms with Crippen LogP contribution in [0.15, 0.2) is 78.4 Å². The van der Waals surface area contributed by atoms with E-state index in [1.165, 1.54) is 31.2 Å². The molecule has 196 valence electrons. The Labute approximate surface area is 216 Å². The molecule has 0 bridgehead atoms. The van der Waals surface area contributed by atoms with Crippen molar-refractivity contribution in [1.29, 1.82) is 0 Å². The van der Waals surface area contributed by atoms with Crippen molar-refractivity contribution in [2.24, 2.45) is 0 Å². The van der Waals surface area contributed by atoms with Crippen LogP contribution in [0.1, 0.15) is 41.1 Å². The molecule has 2 aliphatic rings. The minimum Gasteiger partial charge on any atom is -0.356 e. The molecular formula is C28H24F3N3O4. The van der Waals surface area contributed by atoms with Gasteiger partial charge in [-0.15, -0.1) is 0 Å². The molecule has 0 aliphatic carbocycles. The summed E-state index contributed by atoms with van der Waals surface area (Å²) in [7, 11) is 0. The minimum absolute atomic E-state index is 0.0304. The van der Waals surface area contributed by atoms with Crippen molar-refractivity contribution >= 4 is 23.0 Å². The average molecular weight is 524 g/mol. The number of nitro benzene ring substituents is 1. The molecule has 38 heavy (non-hydrogen) atoms. The number of halogens is 3. The van der Waals surface area contributed by atoms with E-state index in [-0.39, 0.29) is 29.2 Å². The molecule has 10 heteroatoms. The van der Waals surface area contributed by atoms with E-state index in [0.29, 0.717) is 36.3 Å². The number of carbonyl (C=O) groups excluding carboxylic acids is 1. The van der Waals surface area contributed by atoms with Gasteiger partial charge in [0.1, 0.15) is 6.23 Å². The van der Waals surface area contributed by atoms with Crippen molar-refractivity contribution in [3.05, 3.63) is 111 Å². The highest BCUT2D eigenvalue weighted by molar-refractivity contribution is 6.09. The molecule has 0 radical (unpaired) electrons. The highest BCUT2D eigenvalue weighted by Gasteiger charge is 2.42. The Kier molecular flexibility index (Phi) is 6.66. The van der Waals surface area contributed by atoms with Crippen LogP contribution < -0.4 is 5.32 Å². The zero-order chi connectivity index (χ0) is 27.0. The number of alkyl halides is 3. The lowest BCUT2D eigenvalue weighted by atomic mass is 9.93. The molecule has 0 aromatic heterocycles. The maximum absolute atomic E-state index is 13.6. The lowest BCUT2D eigenvalue weighted by molar-refractivity contribution is -0.384. The molecule has 2 aliphatic heterocycles. The largest absolute Gasteiger partial charge is 0.416 e. The number of anilines is 1. The molecule has 1 amide bonds. The number of non-ortho nitro benzene ring substituents is 1. The first kappa shape index (κ1) is 25.5. The summed E-state index contributed by atoms with van der Waals surface area (Å²) in [4.78, 5) is 26.3. The Morgan fingerprint density at radius 3 is 2.45 bits per heavy atom. The summed E-state index contributed by atoms with van der Waals surface area (Å²) in [6.07, 6.45) is -4.05. The van der Waals surface area contributed by atoms with Crippen LogP contribution in [0.25, 0.3) is 5.70 Å². The van der Waals surface area contributed by atoms with E-state index in [1.54, 1.807) is 12.1 Å². The van der Waals surface area contributed by atoms with Gasteiger partial charge in [0.05, 0.1) is 28.8 Å². The Morgan fingerprint density at radius 2 is 1.79 bits per heavy atom. The van der Waals surface area contributed by atoms with E-state index < -0.39 is 22.6 Å². The first-order valence-electron chi connectivity index (χ1n) is 12.1. The molecule has 7 nitrogen and oxygen atoms in total. The van der Waals surface area contributed by atoms with Crippen molar-refractivity contribution in [2.45, 2.75) is 38.2 Å². The number of nitro groups is 1. The average Bonchev–Trinajstić information content (AvgIpc) is 3.33. The summed E-state index contributed by atoms with van der Waals surface area (Å²) in [6, 6.07) is 19.0. The molecule has 1 N–H and O–H groups in total. The first-order chi connectivity index (χ1) is 18.1. The van der Waals surface area contributed by atoms with Crippen molar-refractivity contribution in [2.75, 3.05) is 11.9 Å². The van der Waals surface area contributed by atoms with Crippen LogP contribution in [0.5, 0.6) is 0 Å². The molecule has 0 spiro atoms. The third-order valence-electron chi connectivity index (χ3n) is 6.89. The lowest BCUT2D eigenvalue weighted by Crippen LogP contribution is -2.37. The number of hydrogen-bond donors (Lipinski definition) is 1. The maximum Gasteiger partial charge on any atom is 0.416 e. The summed E-state index contributed by atoms with van der Waals surface area (Å²) in [5, 5.41) is 13.9. The fourth-order valence-corrected chi connectivity index (χ4v) is 5.06. The van der Waals surface area contributed by atoms with Gasteiger partial charge in [-0.25, -0.2) is 0 Å². The van der Waals surface area contributed by atoms with E-state index >= 15 is 0 Å². The fraction of sp³-hybridized carbons (Fsp3) is 0.250. The smallest absolute Gasteiger partial charge is 0.356 e. The predicted octanol–water partition coefficient (Wildman–Crippen LogP) is 6.47. The third-order valence-corrected chi connectivity index (χ3v) is 6.89. The van der Waals surface area contributed by atoms with Crippen LogP contribution in [0.2, 0.25) is 0 Å². The van der Waals surface area contributed by atoms with Gasteiger partial charge in [-0.2, -0.15) is 13.2 Å². The highest BCUT2D eigenvalue weighted by Crippen LogP contribution is 2.45. The monoisotopic (exact) mass is 523 g/mol. The van der Waals surface area contributed by atoms with Crippen LogP contribution in [0, 0.1) is 17.0 Å². The number of ether oxygens (including phenoxy) is 1. The van der Waals surface area contributed by atoms with Gasteiger partial charge >= 0.3 is 6.18 Å². The van der Waals surface area contributed by atoms with Gasteiger partial charge in [0, 0.05) is 23.4 Å². The molecular weight excluding hydrogens is 499 g/mol. The molecule has 5 rings (SSSR count). The number of aryl methyl sites for hydroxylation is 1. The quantitative estimate of drug-likeness (QED) is 0.306. The Hall–Kier alpha value is -4.18. The number of rotatable bonds is 5. The van der Waals surface area contributed by atoms with Crippen LogP contribution >= 0.6 is 0 Å². The van der Waals surface area contributed by atoms with Gasteiger partial charge < -0.3 is 15.0 Å². The topological polar surface area (TPSA) is 84.7 Å². The van der Waals surface area contributed by atoms with E-state index in [2.05, 4.69) is 5.32 Å². The molecule has 2 heterocycles. The minimum atomic E-state index is -4.55. The number of hydrogen-bond acceptors (Lipinski definition) is 5. The first-order valence-corrected chi connectivity index (χ1v) is 12.1. The van der Waals surface area contributed by atoms with Crippen molar-refractivity contribution in [3.63, 3.8) is 0 Å². The summed E-state index contributed by atoms with van der Waals surface area (Å²) < 4.78 is 46.4. The normalized spacial score (nSPS) is 19.3. The number of nitrogens with one attached hydrogen (secondary N) is 1. The fourth-order valence-electron chi connectivity index (χ4n) is 5.06. The summed E-state index contributed by atoms with van der Waals surface area (Å²) in [5.74, 6) is -0.535. The second-order valence-electron chi connectivity index (χ2n) is 9.27. The van der Waals surface area contributed by atoms with Crippen LogP contribution in [0.3, 0.4) is 0 Å². The molecule has 1 fully saturated rings. The van der Waals surface area contributed by atoms with Crippen molar-refractivity contribution in [1.82, 2.24) is 4.90 Å². The molecule has 3 aromatic carbocycles. The second kappa shape index (κ2) is 9.94. The molecule has 1 saturated heterocycles. The van der Waals surface area contributed by atoms with Crippen LogP contribution in [-0.4, -0.2) is 28.6 Å². The van der Waals surface area contributed by atoms with Gasteiger partial charge in [0.25, 0.3) is 11.6 Å². The summed E-state index contributed by atoms with van der Waals surface area (Å²) in [5.41, 5.74) is 1.65.